The molecular weight excluding hydrogens is 212 g/mol. The molecule has 0 radical (unpaired) electrons. The van der Waals surface area contributed by atoms with E-state index in [0.717, 1.165) is 32.5 Å². The number of hydrogen-bond donors (Lipinski definition) is 1. The van der Waals surface area contributed by atoms with E-state index in [1.54, 1.807) is 0 Å². The number of hydrogen-bond acceptors (Lipinski definition) is 2. The van der Waals surface area contributed by atoms with Crippen LogP contribution in [0.25, 0.3) is 0 Å². The second kappa shape index (κ2) is 8.26. The van der Waals surface area contributed by atoms with Crippen molar-refractivity contribution in [3.63, 3.8) is 0 Å². The molecule has 17 heavy (non-hydrogen) atoms. The average Bonchev–Trinajstić information content (AvgIpc) is 2.35. The molecule has 0 fully saturated rings. The summed E-state index contributed by atoms with van der Waals surface area (Å²) in [4.78, 5) is 0. The van der Waals surface area contributed by atoms with Gasteiger partial charge in [0.2, 0.25) is 0 Å². The maximum Gasteiger partial charge on any atom is 0.0469 e. The fraction of sp³-hybridized carbons (Fsp3) is 0.600. The van der Waals surface area contributed by atoms with Crippen molar-refractivity contribution >= 4 is 0 Å². The normalized spacial score (nSPS) is 12.6. The summed E-state index contributed by atoms with van der Waals surface area (Å²) in [5.41, 5.74) is 2.64. The fourth-order valence-corrected chi connectivity index (χ4v) is 1.90. The van der Waals surface area contributed by atoms with Gasteiger partial charge in [0, 0.05) is 19.8 Å². The van der Waals surface area contributed by atoms with Crippen LogP contribution in [0.15, 0.2) is 24.3 Å². The highest BCUT2D eigenvalue weighted by molar-refractivity contribution is 5.25. The molecule has 96 valence electrons. The largest absolute Gasteiger partial charge is 0.396 e. The zero-order valence-corrected chi connectivity index (χ0v) is 11.0. The van der Waals surface area contributed by atoms with E-state index < -0.39 is 0 Å². The Morgan fingerprint density at radius 2 is 2.00 bits per heavy atom. The predicted octanol–water partition coefficient (Wildman–Crippen LogP) is 2.96. The van der Waals surface area contributed by atoms with Crippen LogP contribution in [0.2, 0.25) is 0 Å². The van der Waals surface area contributed by atoms with Gasteiger partial charge in [-0.1, -0.05) is 31.2 Å². The molecule has 1 unspecified atom stereocenters. The van der Waals surface area contributed by atoms with Crippen molar-refractivity contribution in [1.82, 2.24) is 0 Å². The molecule has 0 heterocycles. The summed E-state index contributed by atoms with van der Waals surface area (Å²) in [6.45, 7) is 6.05. The molecule has 2 heteroatoms. The Morgan fingerprint density at radius 3 is 2.65 bits per heavy atom. The molecule has 0 spiro atoms. The number of aliphatic hydroxyl groups excluding tert-OH is 1. The van der Waals surface area contributed by atoms with Crippen LogP contribution >= 0.6 is 0 Å². The first kappa shape index (κ1) is 14.2. The predicted molar refractivity (Wildman–Crippen MR) is 71.2 cm³/mol. The summed E-state index contributed by atoms with van der Waals surface area (Å²) >= 11 is 0. The Kier molecular flexibility index (Phi) is 6.90. The second-order valence-corrected chi connectivity index (χ2v) is 4.58. The molecule has 1 aromatic carbocycles. The van der Waals surface area contributed by atoms with Gasteiger partial charge in [-0.15, -0.1) is 0 Å². The van der Waals surface area contributed by atoms with E-state index in [2.05, 4.69) is 38.1 Å². The van der Waals surface area contributed by atoms with Gasteiger partial charge in [-0.3, -0.25) is 0 Å². The van der Waals surface area contributed by atoms with Crippen molar-refractivity contribution in [1.29, 1.82) is 0 Å². The van der Waals surface area contributed by atoms with Gasteiger partial charge in [-0.2, -0.15) is 0 Å². The van der Waals surface area contributed by atoms with Crippen molar-refractivity contribution in [2.24, 2.45) is 5.92 Å². The van der Waals surface area contributed by atoms with E-state index >= 15 is 0 Å². The van der Waals surface area contributed by atoms with Crippen molar-refractivity contribution in [3.05, 3.63) is 35.4 Å². The highest BCUT2D eigenvalue weighted by Gasteiger charge is 2.09. The van der Waals surface area contributed by atoms with E-state index in [-0.39, 0.29) is 6.61 Å². The maximum absolute atomic E-state index is 9.38. The van der Waals surface area contributed by atoms with E-state index in [4.69, 9.17) is 4.74 Å². The third kappa shape index (κ3) is 5.33. The summed E-state index contributed by atoms with van der Waals surface area (Å²) < 4.78 is 5.47. The van der Waals surface area contributed by atoms with E-state index in [1.807, 2.05) is 0 Å². The maximum atomic E-state index is 9.38. The average molecular weight is 236 g/mol. The van der Waals surface area contributed by atoms with Gasteiger partial charge in [0.15, 0.2) is 0 Å². The first-order valence-corrected chi connectivity index (χ1v) is 6.51. The summed E-state index contributed by atoms with van der Waals surface area (Å²) in [5, 5.41) is 9.38. The van der Waals surface area contributed by atoms with Crippen LogP contribution in [-0.4, -0.2) is 24.9 Å². The molecule has 0 amide bonds. The number of aryl methyl sites for hydroxylation is 1. The lowest BCUT2D eigenvalue weighted by Gasteiger charge is -2.15. The third-order valence-electron chi connectivity index (χ3n) is 3.05. The summed E-state index contributed by atoms with van der Waals surface area (Å²) in [6, 6.07) is 8.38. The Balaban J connectivity index is 2.38. The molecular formula is C15H24O2. The van der Waals surface area contributed by atoms with Crippen molar-refractivity contribution < 1.29 is 9.84 Å². The summed E-state index contributed by atoms with van der Waals surface area (Å²) in [6.07, 6.45) is 2.94. The van der Waals surface area contributed by atoms with Crippen LogP contribution in [0.3, 0.4) is 0 Å². The van der Waals surface area contributed by atoms with Crippen molar-refractivity contribution in [2.75, 3.05) is 19.8 Å². The minimum absolute atomic E-state index is 0.240. The van der Waals surface area contributed by atoms with E-state index in [1.165, 1.54) is 11.1 Å². The van der Waals surface area contributed by atoms with Crippen LogP contribution in [0.1, 0.15) is 30.9 Å². The lowest BCUT2D eigenvalue weighted by atomic mass is 9.94. The molecule has 1 aromatic rings. The summed E-state index contributed by atoms with van der Waals surface area (Å²) in [5.74, 6) is 0.313. The van der Waals surface area contributed by atoms with Crippen LogP contribution in [0.5, 0.6) is 0 Å². The van der Waals surface area contributed by atoms with Gasteiger partial charge in [-0.25, -0.2) is 0 Å². The molecule has 2 nitrogen and oxygen atoms in total. The van der Waals surface area contributed by atoms with Gasteiger partial charge in [0.05, 0.1) is 0 Å². The lowest BCUT2D eigenvalue weighted by Crippen LogP contribution is -2.13. The van der Waals surface area contributed by atoms with E-state index in [0.29, 0.717) is 5.92 Å². The molecule has 0 saturated carbocycles. The molecule has 1 atom stereocenters. The Hall–Kier alpha value is -0.860. The molecule has 1 rings (SSSR count). The third-order valence-corrected chi connectivity index (χ3v) is 3.05. The zero-order valence-electron chi connectivity index (χ0n) is 11.0. The SMILES string of the molecule is CCCOCCC(CO)Cc1ccccc1C. The van der Waals surface area contributed by atoms with Gasteiger partial charge < -0.3 is 9.84 Å². The van der Waals surface area contributed by atoms with Gasteiger partial charge in [0.25, 0.3) is 0 Å². The van der Waals surface area contributed by atoms with Crippen LogP contribution in [0, 0.1) is 12.8 Å². The lowest BCUT2D eigenvalue weighted by molar-refractivity contribution is 0.106. The minimum Gasteiger partial charge on any atom is -0.396 e. The number of ether oxygens (including phenoxy) is 1. The quantitative estimate of drug-likeness (QED) is 0.703. The first-order valence-electron chi connectivity index (χ1n) is 6.51. The Labute approximate surface area is 105 Å². The highest BCUT2D eigenvalue weighted by Crippen LogP contribution is 2.15. The number of rotatable bonds is 8. The van der Waals surface area contributed by atoms with Crippen LogP contribution in [0.4, 0.5) is 0 Å². The first-order chi connectivity index (χ1) is 8.27. The van der Waals surface area contributed by atoms with Crippen LogP contribution < -0.4 is 0 Å². The molecule has 0 aliphatic heterocycles. The van der Waals surface area contributed by atoms with Gasteiger partial charge in [0.1, 0.15) is 0 Å². The van der Waals surface area contributed by atoms with Gasteiger partial charge in [-0.05, 0) is 43.2 Å². The number of aliphatic hydroxyl groups is 1. The van der Waals surface area contributed by atoms with Crippen LogP contribution in [-0.2, 0) is 11.2 Å². The molecule has 0 aromatic heterocycles. The van der Waals surface area contributed by atoms with Crippen molar-refractivity contribution in [2.45, 2.75) is 33.1 Å². The molecule has 0 aliphatic carbocycles. The van der Waals surface area contributed by atoms with Crippen molar-refractivity contribution in [3.8, 4) is 0 Å². The molecule has 0 bridgehead atoms. The topological polar surface area (TPSA) is 29.5 Å². The monoisotopic (exact) mass is 236 g/mol. The fourth-order valence-electron chi connectivity index (χ4n) is 1.90. The molecule has 0 aliphatic rings. The standard InChI is InChI=1S/C15H24O2/c1-3-9-17-10-8-14(12-16)11-15-7-5-4-6-13(15)2/h4-7,14,16H,3,8-12H2,1-2H3. The highest BCUT2D eigenvalue weighted by atomic mass is 16.5. The van der Waals surface area contributed by atoms with Gasteiger partial charge >= 0.3 is 0 Å². The minimum atomic E-state index is 0.240. The Morgan fingerprint density at radius 1 is 1.24 bits per heavy atom. The summed E-state index contributed by atoms with van der Waals surface area (Å²) in [7, 11) is 0. The van der Waals surface area contributed by atoms with E-state index in [9.17, 15) is 5.11 Å². The Bertz CT molecular complexity index is 310. The zero-order chi connectivity index (χ0) is 12.5. The molecule has 0 saturated heterocycles. The number of benzene rings is 1. The smallest absolute Gasteiger partial charge is 0.0469 e. The molecule has 1 N–H and O–H groups in total. The second-order valence-electron chi connectivity index (χ2n) is 4.58.